The molecule has 0 radical (unpaired) electrons. The number of hydrogen-bond donors (Lipinski definition) is 0. The fourth-order valence-corrected chi connectivity index (χ4v) is 3.72. The average Bonchev–Trinajstić information content (AvgIpc) is 3.06. The van der Waals surface area contributed by atoms with Gasteiger partial charge in [0.25, 0.3) is 0 Å². The van der Waals surface area contributed by atoms with E-state index >= 15 is 0 Å². The Morgan fingerprint density at radius 2 is 1.92 bits per heavy atom. The van der Waals surface area contributed by atoms with E-state index in [-0.39, 0.29) is 12.4 Å². The third-order valence-electron chi connectivity index (χ3n) is 4.39. The molecule has 5 nitrogen and oxygen atoms in total. The summed E-state index contributed by atoms with van der Waals surface area (Å²) in [4.78, 5) is 21.0. The molecule has 25 heavy (non-hydrogen) atoms. The van der Waals surface area contributed by atoms with Crippen molar-refractivity contribution in [1.82, 2.24) is 14.8 Å². The second-order valence-corrected chi connectivity index (χ2v) is 7.26. The van der Waals surface area contributed by atoms with Crippen molar-refractivity contribution < 1.29 is 9.53 Å². The Balaban J connectivity index is 1.58. The third kappa shape index (κ3) is 5.11. The molecular weight excluding hydrogens is 334 g/mol. The van der Waals surface area contributed by atoms with E-state index < -0.39 is 0 Å². The van der Waals surface area contributed by atoms with Gasteiger partial charge in [-0.05, 0) is 19.5 Å². The first-order valence-corrected chi connectivity index (χ1v) is 9.62. The highest BCUT2D eigenvalue weighted by molar-refractivity contribution is 7.13. The number of hydrogen-bond acceptors (Lipinski definition) is 6. The minimum absolute atomic E-state index is 0.220. The van der Waals surface area contributed by atoms with Gasteiger partial charge in [-0.3, -0.25) is 9.69 Å². The van der Waals surface area contributed by atoms with Crippen LogP contribution in [0.25, 0.3) is 10.6 Å². The molecular formula is C19H25N3O2S. The summed E-state index contributed by atoms with van der Waals surface area (Å²) in [5.74, 6) is -0.220. The summed E-state index contributed by atoms with van der Waals surface area (Å²) >= 11 is 1.57. The molecule has 0 atom stereocenters. The van der Waals surface area contributed by atoms with Crippen LogP contribution in [0.5, 0.6) is 0 Å². The molecule has 3 rings (SSSR count). The maximum atomic E-state index is 11.5. The number of aromatic nitrogens is 1. The van der Waals surface area contributed by atoms with Crippen LogP contribution in [-0.2, 0) is 22.5 Å². The lowest BCUT2D eigenvalue weighted by Gasteiger charge is -2.32. The summed E-state index contributed by atoms with van der Waals surface area (Å²) in [6.45, 7) is 7.75. The van der Waals surface area contributed by atoms with Crippen molar-refractivity contribution in [3.8, 4) is 10.6 Å². The number of piperazine rings is 1. The molecule has 0 saturated carbocycles. The Bertz CT molecular complexity index is 691. The van der Waals surface area contributed by atoms with Crippen LogP contribution in [-0.4, -0.2) is 60.6 Å². The SMILES string of the molecule is CCOC(=O)Cc1csc(-c2ccc(CN3CCN(C)CC3)cc2)n1. The normalized spacial score (nSPS) is 16.1. The molecule has 1 saturated heterocycles. The largest absolute Gasteiger partial charge is 0.466 e. The molecule has 1 aromatic heterocycles. The van der Waals surface area contributed by atoms with Crippen molar-refractivity contribution in [2.45, 2.75) is 19.9 Å². The van der Waals surface area contributed by atoms with Crippen LogP contribution in [0.2, 0.25) is 0 Å². The number of esters is 1. The van der Waals surface area contributed by atoms with E-state index in [4.69, 9.17) is 4.74 Å². The van der Waals surface area contributed by atoms with Crippen molar-refractivity contribution in [2.24, 2.45) is 0 Å². The number of likely N-dealkylation sites (N-methyl/N-ethyl adjacent to an activating group) is 1. The van der Waals surface area contributed by atoms with Crippen molar-refractivity contribution in [2.75, 3.05) is 39.8 Å². The molecule has 134 valence electrons. The van der Waals surface area contributed by atoms with Gasteiger partial charge in [-0.2, -0.15) is 0 Å². The zero-order valence-corrected chi connectivity index (χ0v) is 15.7. The number of carbonyl (C=O) groups excluding carboxylic acids is 1. The Morgan fingerprint density at radius 1 is 1.20 bits per heavy atom. The van der Waals surface area contributed by atoms with Crippen molar-refractivity contribution >= 4 is 17.3 Å². The van der Waals surface area contributed by atoms with Crippen molar-refractivity contribution in [3.63, 3.8) is 0 Å². The molecule has 0 spiro atoms. The highest BCUT2D eigenvalue weighted by Gasteiger charge is 2.14. The molecule has 0 unspecified atom stereocenters. The van der Waals surface area contributed by atoms with Gasteiger partial charge in [-0.15, -0.1) is 11.3 Å². The molecule has 2 aromatic rings. The third-order valence-corrected chi connectivity index (χ3v) is 5.33. The van der Waals surface area contributed by atoms with E-state index in [1.165, 1.54) is 5.56 Å². The summed E-state index contributed by atoms with van der Waals surface area (Å²) in [7, 11) is 2.18. The van der Waals surface area contributed by atoms with E-state index in [0.717, 1.165) is 49.0 Å². The summed E-state index contributed by atoms with van der Waals surface area (Å²) in [5.41, 5.74) is 3.21. The number of thiazole rings is 1. The Hall–Kier alpha value is -1.76. The first kappa shape index (κ1) is 18.0. The minimum atomic E-state index is -0.220. The molecule has 1 aliphatic rings. The van der Waals surface area contributed by atoms with Crippen molar-refractivity contribution in [3.05, 3.63) is 40.9 Å². The van der Waals surface area contributed by atoms with E-state index in [9.17, 15) is 4.79 Å². The van der Waals surface area contributed by atoms with E-state index in [2.05, 4.69) is 46.1 Å². The number of nitrogens with zero attached hydrogens (tertiary/aromatic N) is 3. The maximum Gasteiger partial charge on any atom is 0.311 e. The minimum Gasteiger partial charge on any atom is -0.466 e. The van der Waals surface area contributed by atoms with E-state index in [0.29, 0.717) is 6.61 Å². The smallest absolute Gasteiger partial charge is 0.311 e. The van der Waals surface area contributed by atoms with Gasteiger partial charge in [0, 0.05) is 43.7 Å². The van der Waals surface area contributed by atoms with E-state index in [1.807, 2.05) is 12.3 Å². The van der Waals surface area contributed by atoms with Crippen LogP contribution in [0.3, 0.4) is 0 Å². The van der Waals surface area contributed by atoms with Gasteiger partial charge >= 0.3 is 5.97 Å². The molecule has 1 aromatic carbocycles. The molecule has 0 bridgehead atoms. The lowest BCUT2D eigenvalue weighted by atomic mass is 10.1. The Morgan fingerprint density at radius 3 is 2.60 bits per heavy atom. The van der Waals surface area contributed by atoms with Crippen LogP contribution >= 0.6 is 11.3 Å². The van der Waals surface area contributed by atoms with Gasteiger partial charge in [0.15, 0.2) is 0 Å². The number of benzene rings is 1. The second kappa shape index (κ2) is 8.56. The second-order valence-electron chi connectivity index (χ2n) is 6.40. The van der Waals surface area contributed by atoms with Crippen molar-refractivity contribution in [1.29, 1.82) is 0 Å². The zero-order valence-electron chi connectivity index (χ0n) is 14.9. The summed E-state index contributed by atoms with van der Waals surface area (Å²) in [5, 5.41) is 2.88. The monoisotopic (exact) mass is 359 g/mol. The van der Waals surface area contributed by atoms with Gasteiger partial charge in [-0.1, -0.05) is 24.3 Å². The van der Waals surface area contributed by atoms with Crippen LogP contribution in [0.1, 0.15) is 18.2 Å². The summed E-state index contributed by atoms with van der Waals surface area (Å²) < 4.78 is 4.97. The fourth-order valence-electron chi connectivity index (χ4n) is 2.90. The predicted octanol–water partition coefficient (Wildman–Crippen LogP) is 2.66. The lowest BCUT2D eigenvalue weighted by Crippen LogP contribution is -2.43. The number of ether oxygens (including phenoxy) is 1. The van der Waals surface area contributed by atoms with Gasteiger partial charge < -0.3 is 9.64 Å². The molecule has 6 heteroatoms. The molecule has 0 N–H and O–H groups in total. The number of rotatable bonds is 6. The predicted molar refractivity (Wildman–Crippen MR) is 101 cm³/mol. The Labute approximate surface area is 153 Å². The summed E-state index contributed by atoms with van der Waals surface area (Å²) in [6.07, 6.45) is 0.242. The van der Waals surface area contributed by atoms with Gasteiger partial charge in [-0.25, -0.2) is 4.98 Å². The molecule has 0 amide bonds. The Kier molecular flexibility index (Phi) is 6.18. The standard InChI is InChI=1S/C19H25N3O2S/c1-3-24-18(23)12-17-14-25-19(20-17)16-6-4-15(5-7-16)13-22-10-8-21(2)9-11-22/h4-7,14H,3,8-13H2,1-2H3. The van der Waals surface area contributed by atoms with Crippen LogP contribution in [0.4, 0.5) is 0 Å². The fraction of sp³-hybridized carbons (Fsp3) is 0.474. The lowest BCUT2D eigenvalue weighted by molar-refractivity contribution is -0.142. The maximum absolute atomic E-state index is 11.5. The first-order valence-electron chi connectivity index (χ1n) is 8.74. The molecule has 1 aliphatic heterocycles. The van der Waals surface area contributed by atoms with Gasteiger partial charge in [0.1, 0.15) is 5.01 Å². The highest BCUT2D eigenvalue weighted by Crippen LogP contribution is 2.24. The van der Waals surface area contributed by atoms with Gasteiger partial charge in [0.05, 0.1) is 18.7 Å². The molecule has 1 fully saturated rings. The number of carbonyl (C=O) groups is 1. The zero-order chi connectivity index (χ0) is 17.6. The quantitative estimate of drug-likeness (QED) is 0.742. The first-order chi connectivity index (χ1) is 12.1. The van der Waals surface area contributed by atoms with Crippen LogP contribution < -0.4 is 0 Å². The highest BCUT2D eigenvalue weighted by atomic mass is 32.1. The average molecular weight is 359 g/mol. The van der Waals surface area contributed by atoms with Crippen LogP contribution in [0, 0.1) is 0 Å². The topological polar surface area (TPSA) is 45.7 Å². The molecule has 0 aliphatic carbocycles. The van der Waals surface area contributed by atoms with Crippen LogP contribution in [0.15, 0.2) is 29.6 Å². The molecule has 2 heterocycles. The van der Waals surface area contributed by atoms with Gasteiger partial charge in [0.2, 0.25) is 0 Å². The van der Waals surface area contributed by atoms with E-state index in [1.54, 1.807) is 11.3 Å². The summed E-state index contributed by atoms with van der Waals surface area (Å²) in [6, 6.07) is 8.61.